The first-order chi connectivity index (χ1) is 8.19. The van der Waals surface area contributed by atoms with Gasteiger partial charge < -0.3 is 15.8 Å². The van der Waals surface area contributed by atoms with Crippen LogP contribution in [0, 0.1) is 0 Å². The van der Waals surface area contributed by atoms with E-state index < -0.39 is 0 Å². The highest BCUT2D eigenvalue weighted by atomic mass is 32.2. The summed E-state index contributed by atoms with van der Waals surface area (Å²) in [5.74, 6) is -0.0841. The van der Waals surface area contributed by atoms with Gasteiger partial charge in [-0.05, 0) is 30.5 Å². The van der Waals surface area contributed by atoms with Gasteiger partial charge in [-0.2, -0.15) is 0 Å². The van der Waals surface area contributed by atoms with Crippen LogP contribution in [-0.4, -0.2) is 31.9 Å². The minimum Gasteiger partial charge on any atom is -0.380 e. The summed E-state index contributed by atoms with van der Waals surface area (Å²) < 4.78 is 5.06. The number of nitrogens with one attached hydrogen (secondary N) is 1. The molecule has 1 unspecified atom stereocenters. The number of thioether (sulfide) groups is 1. The van der Waals surface area contributed by atoms with Crippen LogP contribution in [0.4, 0.5) is 5.69 Å². The molecule has 1 rings (SSSR count). The summed E-state index contributed by atoms with van der Waals surface area (Å²) in [6.07, 6.45) is 2.07. The Kier molecular flexibility index (Phi) is 6.04. The standard InChI is InChI=1S/C12H18N2O2S/c1-16-10(8-13)7-12(15)14-9-3-5-11(17-2)6-4-9/h3-6,10H,7-8,13H2,1-2H3,(H,14,15). The van der Waals surface area contributed by atoms with Gasteiger partial charge in [0.25, 0.3) is 0 Å². The zero-order chi connectivity index (χ0) is 12.7. The van der Waals surface area contributed by atoms with Crippen molar-refractivity contribution < 1.29 is 9.53 Å². The molecular formula is C12H18N2O2S. The van der Waals surface area contributed by atoms with Crippen molar-refractivity contribution in [3.63, 3.8) is 0 Å². The molecule has 3 N–H and O–H groups in total. The molecule has 1 aromatic rings. The van der Waals surface area contributed by atoms with Crippen LogP contribution in [0.15, 0.2) is 29.2 Å². The Bertz CT molecular complexity index is 350. The molecule has 0 aliphatic rings. The number of carbonyl (C=O) groups is 1. The third-order valence-corrected chi connectivity index (χ3v) is 3.13. The molecule has 0 saturated heterocycles. The van der Waals surface area contributed by atoms with Gasteiger partial charge >= 0.3 is 0 Å². The van der Waals surface area contributed by atoms with Gasteiger partial charge in [-0.25, -0.2) is 0 Å². The van der Waals surface area contributed by atoms with Gasteiger partial charge in [0.15, 0.2) is 0 Å². The first-order valence-corrected chi connectivity index (χ1v) is 6.58. The van der Waals surface area contributed by atoms with Crippen molar-refractivity contribution in [3.05, 3.63) is 24.3 Å². The lowest BCUT2D eigenvalue weighted by Crippen LogP contribution is -2.28. The van der Waals surface area contributed by atoms with Gasteiger partial charge in [-0.15, -0.1) is 11.8 Å². The lowest BCUT2D eigenvalue weighted by atomic mass is 10.2. The van der Waals surface area contributed by atoms with Crippen LogP contribution >= 0.6 is 11.8 Å². The topological polar surface area (TPSA) is 64.3 Å². The normalized spacial score (nSPS) is 12.2. The van der Waals surface area contributed by atoms with E-state index in [2.05, 4.69) is 5.32 Å². The van der Waals surface area contributed by atoms with Crippen LogP contribution in [-0.2, 0) is 9.53 Å². The Morgan fingerprint density at radius 2 is 2.12 bits per heavy atom. The largest absolute Gasteiger partial charge is 0.380 e. The Balaban J connectivity index is 2.49. The summed E-state index contributed by atoms with van der Waals surface area (Å²) in [6, 6.07) is 7.70. The summed E-state index contributed by atoms with van der Waals surface area (Å²) in [5.41, 5.74) is 6.25. The fraction of sp³-hybridized carbons (Fsp3) is 0.417. The van der Waals surface area contributed by atoms with Crippen LogP contribution in [0.1, 0.15) is 6.42 Å². The summed E-state index contributed by atoms with van der Waals surface area (Å²) in [4.78, 5) is 12.8. The van der Waals surface area contributed by atoms with E-state index in [1.807, 2.05) is 30.5 Å². The van der Waals surface area contributed by atoms with E-state index in [-0.39, 0.29) is 18.4 Å². The van der Waals surface area contributed by atoms with Crippen LogP contribution in [0.25, 0.3) is 0 Å². The summed E-state index contributed by atoms with van der Waals surface area (Å²) in [6.45, 7) is 0.343. The van der Waals surface area contributed by atoms with E-state index in [4.69, 9.17) is 10.5 Å². The smallest absolute Gasteiger partial charge is 0.227 e. The Hall–Kier alpha value is -1.04. The van der Waals surface area contributed by atoms with E-state index in [1.165, 1.54) is 4.90 Å². The van der Waals surface area contributed by atoms with E-state index in [0.717, 1.165) is 5.69 Å². The van der Waals surface area contributed by atoms with Crippen molar-refractivity contribution in [1.29, 1.82) is 0 Å². The van der Waals surface area contributed by atoms with Crippen LogP contribution in [0.5, 0.6) is 0 Å². The van der Waals surface area contributed by atoms with E-state index in [9.17, 15) is 4.79 Å². The predicted octanol–water partition coefficient (Wildman–Crippen LogP) is 1.71. The molecule has 0 spiro atoms. The fourth-order valence-electron chi connectivity index (χ4n) is 1.36. The Labute approximate surface area is 106 Å². The molecule has 0 heterocycles. The summed E-state index contributed by atoms with van der Waals surface area (Å²) >= 11 is 1.67. The highest BCUT2D eigenvalue weighted by Crippen LogP contribution is 2.17. The molecule has 1 aromatic carbocycles. The maximum Gasteiger partial charge on any atom is 0.227 e. The second kappa shape index (κ2) is 7.32. The molecular weight excluding hydrogens is 236 g/mol. The molecule has 1 amide bonds. The molecule has 0 saturated carbocycles. The first kappa shape index (κ1) is 14.0. The number of anilines is 1. The van der Waals surface area contributed by atoms with E-state index in [0.29, 0.717) is 6.54 Å². The third-order valence-electron chi connectivity index (χ3n) is 2.38. The van der Waals surface area contributed by atoms with Crippen LogP contribution < -0.4 is 11.1 Å². The zero-order valence-corrected chi connectivity index (χ0v) is 10.9. The first-order valence-electron chi connectivity index (χ1n) is 5.36. The lowest BCUT2D eigenvalue weighted by Gasteiger charge is -2.12. The quantitative estimate of drug-likeness (QED) is 0.759. The lowest BCUT2D eigenvalue weighted by molar-refractivity contribution is -0.118. The molecule has 0 aromatic heterocycles. The number of benzene rings is 1. The van der Waals surface area contributed by atoms with Crippen molar-refractivity contribution in [2.75, 3.05) is 25.2 Å². The molecule has 0 bridgehead atoms. The number of methoxy groups -OCH3 is 1. The minimum atomic E-state index is -0.222. The van der Waals surface area contributed by atoms with Gasteiger partial charge in [-0.3, -0.25) is 4.79 Å². The highest BCUT2D eigenvalue weighted by molar-refractivity contribution is 7.98. The van der Waals surface area contributed by atoms with Crippen molar-refractivity contribution in [2.45, 2.75) is 17.4 Å². The number of hydrogen-bond donors (Lipinski definition) is 2. The SMILES string of the molecule is COC(CN)CC(=O)Nc1ccc(SC)cc1. The Morgan fingerprint density at radius 3 is 2.59 bits per heavy atom. The molecule has 5 heteroatoms. The van der Waals surface area contributed by atoms with Crippen LogP contribution in [0.2, 0.25) is 0 Å². The molecule has 0 aliphatic carbocycles. The molecule has 4 nitrogen and oxygen atoms in total. The van der Waals surface area contributed by atoms with E-state index >= 15 is 0 Å². The number of ether oxygens (including phenoxy) is 1. The Morgan fingerprint density at radius 1 is 1.47 bits per heavy atom. The maximum atomic E-state index is 11.6. The predicted molar refractivity (Wildman–Crippen MR) is 71.3 cm³/mol. The summed E-state index contributed by atoms with van der Waals surface area (Å²) in [7, 11) is 1.55. The number of carbonyl (C=O) groups excluding carboxylic acids is 1. The molecule has 0 radical (unpaired) electrons. The molecule has 94 valence electrons. The number of amides is 1. The van der Waals surface area contributed by atoms with Gasteiger partial charge in [0, 0.05) is 24.2 Å². The van der Waals surface area contributed by atoms with Crippen molar-refractivity contribution in [2.24, 2.45) is 5.73 Å². The van der Waals surface area contributed by atoms with E-state index in [1.54, 1.807) is 18.9 Å². The van der Waals surface area contributed by atoms with Crippen LogP contribution in [0.3, 0.4) is 0 Å². The molecule has 1 atom stereocenters. The summed E-state index contributed by atoms with van der Waals surface area (Å²) in [5, 5.41) is 2.81. The number of hydrogen-bond acceptors (Lipinski definition) is 4. The number of nitrogens with two attached hydrogens (primary N) is 1. The third kappa shape index (κ3) is 4.77. The average Bonchev–Trinajstić information content (AvgIpc) is 2.37. The zero-order valence-electron chi connectivity index (χ0n) is 10.1. The monoisotopic (exact) mass is 254 g/mol. The van der Waals surface area contributed by atoms with Crippen molar-refractivity contribution in [1.82, 2.24) is 0 Å². The molecule has 17 heavy (non-hydrogen) atoms. The number of rotatable bonds is 6. The van der Waals surface area contributed by atoms with Crippen molar-refractivity contribution >= 4 is 23.4 Å². The van der Waals surface area contributed by atoms with Gasteiger partial charge in [-0.1, -0.05) is 0 Å². The minimum absolute atomic E-state index is 0.0841. The molecule has 0 aliphatic heterocycles. The van der Waals surface area contributed by atoms with Gasteiger partial charge in [0.1, 0.15) is 0 Å². The maximum absolute atomic E-state index is 11.6. The highest BCUT2D eigenvalue weighted by Gasteiger charge is 2.11. The second-order valence-electron chi connectivity index (χ2n) is 3.57. The van der Waals surface area contributed by atoms with Crippen molar-refractivity contribution in [3.8, 4) is 0 Å². The average molecular weight is 254 g/mol. The second-order valence-corrected chi connectivity index (χ2v) is 4.45. The van der Waals surface area contributed by atoms with Gasteiger partial charge in [0.2, 0.25) is 5.91 Å². The fourth-order valence-corrected chi connectivity index (χ4v) is 1.76. The molecule has 0 fully saturated rings. The van der Waals surface area contributed by atoms with Gasteiger partial charge in [0.05, 0.1) is 12.5 Å².